The lowest BCUT2D eigenvalue weighted by Gasteiger charge is -2.46. The predicted octanol–water partition coefficient (Wildman–Crippen LogP) is -3.92. The van der Waals surface area contributed by atoms with Crippen LogP contribution in [0.1, 0.15) is 13.8 Å². The molecule has 0 bridgehead atoms. The highest BCUT2D eigenvalue weighted by Crippen LogP contribution is 2.31. The molecule has 2 rings (SSSR count). The number of hydrogen-bond donors (Lipinski definition) is 7. The van der Waals surface area contributed by atoms with E-state index in [9.17, 15) is 35.7 Å². The largest absolute Gasteiger partial charge is 0.394 e. The van der Waals surface area contributed by atoms with Crippen molar-refractivity contribution in [2.45, 2.75) is 80.7 Å². The minimum atomic E-state index is -1.61. The molecule has 0 aromatic heterocycles. The summed E-state index contributed by atoms with van der Waals surface area (Å²) in [6.45, 7) is 2.30. The minimum Gasteiger partial charge on any atom is -0.394 e. The van der Waals surface area contributed by atoms with Crippen LogP contribution < -0.4 is 0 Å². The van der Waals surface area contributed by atoms with Crippen molar-refractivity contribution >= 4 is 0 Å². The second-order valence-electron chi connectivity index (χ2n) is 7.41. The summed E-state index contributed by atoms with van der Waals surface area (Å²) in [5.74, 6) is 0. The summed E-state index contributed by atoms with van der Waals surface area (Å²) < 4.78 is 21.5. The highest BCUT2D eigenvalue weighted by molar-refractivity contribution is 4.99. The lowest BCUT2D eigenvalue weighted by atomic mass is 9.87. The Kier molecular flexibility index (Phi) is 7.55. The summed E-state index contributed by atoms with van der Waals surface area (Å²) in [5, 5.41) is 69.1. The highest BCUT2D eigenvalue weighted by atomic mass is 16.7. The van der Waals surface area contributed by atoms with Gasteiger partial charge in [0.15, 0.2) is 6.29 Å². The molecule has 0 amide bonds. The second kappa shape index (κ2) is 8.93. The summed E-state index contributed by atoms with van der Waals surface area (Å²) in [7, 11) is 1.41. The fourth-order valence-electron chi connectivity index (χ4n) is 3.17. The first-order valence-electron chi connectivity index (χ1n) is 8.72. The van der Waals surface area contributed by atoms with Gasteiger partial charge < -0.3 is 54.7 Å². The third-order valence-electron chi connectivity index (χ3n) is 5.20. The molecule has 0 radical (unpaired) electrons. The molecule has 11 nitrogen and oxygen atoms in total. The Bertz CT molecular complexity index is 473. The molecule has 0 aromatic carbocycles. The van der Waals surface area contributed by atoms with E-state index < -0.39 is 73.4 Å². The van der Waals surface area contributed by atoms with Crippen LogP contribution in [0.25, 0.3) is 0 Å². The first-order valence-corrected chi connectivity index (χ1v) is 8.72. The van der Waals surface area contributed by atoms with Gasteiger partial charge in [0.2, 0.25) is 0 Å². The number of rotatable bonds is 6. The van der Waals surface area contributed by atoms with Crippen molar-refractivity contribution in [1.29, 1.82) is 0 Å². The number of aliphatic hydroxyl groups is 7. The van der Waals surface area contributed by atoms with E-state index in [0.29, 0.717) is 0 Å². The van der Waals surface area contributed by atoms with E-state index in [0.717, 1.165) is 0 Å². The van der Waals surface area contributed by atoms with Gasteiger partial charge in [0, 0.05) is 7.11 Å². The van der Waals surface area contributed by atoms with Crippen molar-refractivity contribution in [3.63, 3.8) is 0 Å². The first kappa shape index (κ1) is 22.8. The summed E-state index contributed by atoms with van der Waals surface area (Å²) in [6.07, 6.45) is -13.8. The third-order valence-corrected chi connectivity index (χ3v) is 5.20. The zero-order valence-corrected chi connectivity index (χ0v) is 15.5. The molecule has 0 spiro atoms. The third kappa shape index (κ3) is 4.60. The highest BCUT2D eigenvalue weighted by Gasteiger charge is 2.50. The average Bonchev–Trinajstić information content (AvgIpc) is 2.64. The smallest absolute Gasteiger partial charge is 0.186 e. The molecule has 10 atom stereocenters. The molecular weight excluding hydrogens is 368 g/mol. The van der Waals surface area contributed by atoms with Crippen molar-refractivity contribution in [3.8, 4) is 0 Å². The van der Waals surface area contributed by atoms with Crippen molar-refractivity contribution in [2.75, 3.05) is 20.3 Å². The van der Waals surface area contributed by atoms with Crippen LogP contribution in [-0.2, 0) is 18.9 Å². The van der Waals surface area contributed by atoms with Gasteiger partial charge in [0.25, 0.3) is 0 Å². The van der Waals surface area contributed by atoms with E-state index >= 15 is 0 Å². The molecule has 2 fully saturated rings. The number of hydrogen-bond acceptors (Lipinski definition) is 11. The van der Waals surface area contributed by atoms with Gasteiger partial charge in [-0.05, 0) is 13.8 Å². The molecule has 2 saturated heterocycles. The van der Waals surface area contributed by atoms with E-state index in [1.165, 1.54) is 7.11 Å². The van der Waals surface area contributed by atoms with Gasteiger partial charge in [-0.2, -0.15) is 0 Å². The molecule has 11 heteroatoms. The molecule has 27 heavy (non-hydrogen) atoms. The maximum atomic E-state index is 10.2. The monoisotopic (exact) mass is 398 g/mol. The fourth-order valence-corrected chi connectivity index (χ4v) is 3.17. The van der Waals surface area contributed by atoms with Gasteiger partial charge in [-0.3, -0.25) is 0 Å². The van der Waals surface area contributed by atoms with Gasteiger partial charge in [0.1, 0.15) is 54.9 Å². The van der Waals surface area contributed by atoms with Crippen LogP contribution in [0, 0.1) is 0 Å². The second-order valence-corrected chi connectivity index (χ2v) is 7.41. The zero-order chi connectivity index (χ0) is 20.5. The van der Waals surface area contributed by atoms with E-state index in [4.69, 9.17) is 18.9 Å². The Morgan fingerprint density at radius 1 is 0.778 bits per heavy atom. The molecule has 0 saturated carbocycles. The summed E-state index contributed by atoms with van der Waals surface area (Å²) in [4.78, 5) is 0. The lowest BCUT2D eigenvalue weighted by molar-refractivity contribution is -0.319. The van der Waals surface area contributed by atoms with Crippen LogP contribution >= 0.6 is 0 Å². The summed E-state index contributed by atoms with van der Waals surface area (Å²) >= 11 is 0. The summed E-state index contributed by atoms with van der Waals surface area (Å²) in [5.41, 5.74) is -0.984. The normalized spacial score (nSPS) is 46.4. The van der Waals surface area contributed by atoms with E-state index in [1.54, 1.807) is 13.8 Å². The quantitative estimate of drug-likeness (QED) is 0.232. The van der Waals surface area contributed by atoms with E-state index in [2.05, 4.69) is 0 Å². The number of ether oxygens (including phenoxy) is 4. The van der Waals surface area contributed by atoms with Gasteiger partial charge in [0.05, 0.1) is 18.8 Å². The number of aliphatic hydroxyl groups excluding tert-OH is 7. The molecule has 2 heterocycles. The van der Waals surface area contributed by atoms with Crippen LogP contribution in [0.3, 0.4) is 0 Å². The molecule has 160 valence electrons. The Balaban J connectivity index is 2.05. The molecule has 7 N–H and O–H groups in total. The maximum Gasteiger partial charge on any atom is 0.186 e. The van der Waals surface area contributed by atoms with Crippen molar-refractivity contribution in [2.24, 2.45) is 0 Å². The Hall–Kier alpha value is -0.440. The van der Waals surface area contributed by atoms with Crippen molar-refractivity contribution in [1.82, 2.24) is 0 Å². The molecule has 0 aromatic rings. The first-order chi connectivity index (χ1) is 12.5. The SMILES string of the molecule is COC(C)(C)[C@@H]1O[C@H](CO[C@@H]2O[C@H](CO)[C@@H](O)[C@H](O)[C@H]2O)[C@@H](O)[C@H](O)[C@H]1O. The minimum absolute atomic E-state index is 0.371. The van der Waals surface area contributed by atoms with Gasteiger partial charge >= 0.3 is 0 Å². The standard InChI is InChI=1S/C16H30O11/c1-16(2,24-3)14-12(22)10(20)9(19)7(26-14)5-25-15-13(23)11(21)8(18)6(4-17)27-15/h6-15,17-23H,4-5H2,1-3H3/t6-,7-,8-,9-,10+,11+,12-,13-,14-,15-/m1/s1. The Morgan fingerprint density at radius 2 is 1.33 bits per heavy atom. The zero-order valence-electron chi connectivity index (χ0n) is 15.5. The lowest BCUT2D eigenvalue weighted by Crippen LogP contribution is -2.65. The average molecular weight is 398 g/mol. The van der Waals surface area contributed by atoms with E-state index in [1.807, 2.05) is 0 Å². The van der Waals surface area contributed by atoms with Crippen molar-refractivity contribution < 1.29 is 54.7 Å². The van der Waals surface area contributed by atoms with Gasteiger partial charge in [-0.1, -0.05) is 0 Å². The van der Waals surface area contributed by atoms with Crippen LogP contribution in [0.2, 0.25) is 0 Å². The van der Waals surface area contributed by atoms with Crippen LogP contribution in [0.5, 0.6) is 0 Å². The predicted molar refractivity (Wildman–Crippen MR) is 87.5 cm³/mol. The van der Waals surface area contributed by atoms with Crippen LogP contribution in [0.4, 0.5) is 0 Å². The van der Waals surface area contributed by atoms with Gasteiger partial charge in [-0.25, -0.2) is 0 Å². The summed E-state index contributed by atoms with van der Waals surface area (Å²) in [6, 6.07) is 0. The van der Waals surface area contributed by atoms with Gasteiger partial charge in [-0.15, -0.1) is 0 Å². The fraction of sp³-hybridized carbons (Fsp3) is 1.00. The van der Waals surface area contributed by atoms with E-state index in [-0.39, 0.29) is 6.61 Å². The number of methoxy groups -OCH3 is 1. The van der Waals surface area contributed by atoms with Crippen molar-refractivity contribution in [3.05, 3.63) is 0 Å². The maximum absolute atomic E-state index is 10.2. The van der Waals surface area contributed by atoms with Crippen LogP contribution in [-0.4, -0.2) is 123 Å². The molecule has 0 aliphatic carbocycles. The topological polar surface area (TPSA) is 179 Å². The Morgan fingerprint density at radius 3 is 1.89 bits per heavy atom. The molecule has 2 aliphatic heterocycles. The molecule has 0 unspecified atom stereocenters. The Labute approximate surface area is 156 Å². The molecular formula is C16H30O11. The van der Waals surface area contributed by atoms with Crippen LogP contribution in [0.15, 0.2) is 0 Å². The molecule has 2 aliphatic rings.